The first-order chi connectivity index (χ1) is 6.42. The van der Waals surface area contributed by atoms with Crippen LogP contribution in [0.1, 0.15) is 13.3 Å². The second kappa shape index (κ2) is 3.38. The number of aromatic amines is 1. The van der Waals surface area contributed by atoms with Crippen LogP contribution < -0.4 is 0 Å². The van der Waals surface area contributed by atoms with Crippen LogP contribution in [0.5, 0.6) is 0 Å². The van der Waals surface area contributed by atoms with Crippen molar-refractivity contribution in [2.24, 2.45) is 0 Å². The Morgan fingerprint density at radius 3 is 3.15 bits per heavy atom. The van der Waals surface area contributed by atoms with Crippen molar-refractivity contribution in [2.45, 2.75) is 19.9 Å². The van der Waals surface area contributed by atoms with Gasteiger partial charge in [0.15, 0.2) is 5.82 Å². The minimum Gasteiger partial charge on any atom is -0.314 e. The van der Waals surface area contributed by atoms with E-state index in [4.69, 9.17) is 0 Å². The van der Waals surface area contributed by atoms with Gasteiger partial charge in [0, 0.05) is 12.7 Å². The Morgan fingerprint density at radius 1 is 1.54 bits per heavy atom. The third-order valence-electron chi connectivity index (χ3n) is 1.84. The maximum absolute atomic E-state index is 4.03. The number of hydrogen-bond acceptors (Lipinski definition) is 3. The minimum atomic E-state index is 0.871. The predicted octanol–water partition coefficient (Wildman–Crippen LogP) is 1.08. The molecule has 5 nitrogen and oxygen atoms in total. The fourth-order valence-electron chi connectivity index (χ4n) is 1.26. The first-order valence-electron chi connectivity index (χ1n) is 4.28. The fraction of sp³-hybridized carbons (Fsp3) is 0.375. The maximum atomic E-state index is 4.03. The molecule has 0 bridgehead atoms. The zero-order valence-electron chi connectivity index (χ0n) is 7.44. The van der Waals surface area contributed by atoms with Gasteiger partial charge in [-0.05, 0) is 6.42 Å². The van der Waals surface area contributed by atoms with Gasteiger partial charge in [-0.15, -0.1) is 10.2 Å². The van der Waals surface area contributed by atoms with Gasteiger partial charge in [-0.2, -0.15) is 5.10 Å². The lowest BCUT2D eigenvalue weighted by Crippen LogP contribution is -1.97. The standard InChI is InChI=1S/C8H11N5/c1-2-3-13-6-11-12-8(13)7-4-9-10-5-7/h4-6H,2-3H2,1H3,(H,9,10). The zero-order chi connectivity index (χ0) is 9.10. The van der Waals surface area contributed by atoms with Gasteiger partial charge in [0.2, 0.25) is 0 Å². The molecule has 0 fully saturated rings. The summed E-state index contributed by atoms with van der Waals surface area (Å²) in [6.45, 7) is 3.06. The van der Waals surface area contributed by atoms with Gasteiger partial charge in [-0.25, -0.2) is 0 Å². The number of aromatic nitrogens is 5. The highest BCUT2D eigenvalue weighted by molar-refractivity contribution is 5.51. The molecule has 0 spiro atoms. The van der Waals surface area contributed by atoms with Crippen molar-refractivity contribution in [3.63, 3.8) is 0 Å². The van der Waals surface area contributed by atoms with Gasteiger partial charge >= 0.3 is 0 Å². The van der Waals surface area contributed by atoms with Gasteiger partial charge in [0.25, 0.3) is 0 Å². The summed E-state index contributed by atoms with van der Waals surface area (Å²) in [5.41, 5.74) is 0.978. The highest BCUT2D eigenvalue weighted by atomic mass is 15.3. The first-order valence-corrected chi connectivity index (χ1v) is 4.28. The molecule has 1 N–H and O–H groups in total. The first kappa shape index (κ1) is 7.97. The van der Waals surface area contributed by atoms with E-state index in [1.165, 1.54) is 0 Å². The number of hydrogen-bond donors (Lipinski definition) is 1. The van der Waals surface area contributed by atoms with Crippen LogP contribution in [-0.4, -0.2) is 25.0 Å². The SMILES string of the molecule is CCCn1cnnc1-c1cn[nH]c1. The van der Waals surface area contributed by atoms with E-state index in [2.05, 4.69) is 27.3 Å². The van der Waals surface area contributed by atoms with Crippen LogP contribution in [0.15, 0.2) is 18.7 Å². The van der Waals surface area contributed by atoms with Gasteiger partial charge in [-0.1, -0.05) is 6.92 Å². The van der Waals surface area contributed by atoms with Crippen molar-refractivity contribution in [3.05, 3.63) is 18.7 Å². The van der Waals surface area contributed by atoms with E-state index in [1.807, 2.05) is 10.8 Å². The Hall–Kier alpha value is -1.65. The van der Waals surface area contributed by atoms with Crippen LogP contribution in [0.4, 0.5) is 0 Å². The minimum absolute atomic E-state index is 0.871. The lowest BCUT2D eigenvalue weighted by Gasteiger charge is -2.00. The van der Waals surface area contributed by atoms with Crippen molar-refractivity contribution in [1.82, 2.24) is 25.0 Å². The number of aryl methyl sites for hydroxylation is 1. The van der Waals surface area contributed by atoms with Crippen LogP contribution in [0.2, 0.25) is 0 Å². The summed E-state index contributed by atoms with van der Waals surface area (Å²) in [5, 5.41) is 14.5. The Labute approximate surface area is 75.8 Å². The quantitative estimate of drug-likeness (QED) is 0.763. The highest BCUT2D eigenvalue weighted by Gasteiger charge is 2.06. The zero-order valence-corrected chi connectivity index (χ0v) is 7.44. The topological polar surface area (TPSA) is 59.4 Å². The molecule has 2 rings (SSSR count). The van der Waals surface area contributed by atoms with E-state index >= 15 is 0 Å². The number of nitrogens with one attached hydrogen (secondary N) is 1. The molecule has 2 heterocycles. The number of nitrogens with zero attached hydrogens (tertiary/aromatic N) is 4. The Morgan fingerprint density at radius 2 is 2.46 bits per heavy atom. The summed E-state index contributed by atoms with van der Waals surface area (Å²) in [6.07, 6.45) is 6.38. The van der Waals surface area contributed by atoms with E-state index in [9.17, 15) is 0 Å². The molecule has 0 amide bonds. The Kier molecular flexibility index (Phi) is 2.08. The fourth-order valence-corrected chi connectivity index (χ4v) is 1.26. The summed E-state index contributed by atoms with van der Waals surface area (Å²) < 4.78 is 2.02. The van der Waals surface area contributed by atoms with Crippen LogP contribution in [0.25, 0.3) is 11.4 Å². The van der Waals surface area contributed by atoms with E-state index in [-0.39, 0.29) is 0 Å². The van der Waals surface area contributed by atoms with Gasteiger partial charge < -0.3 is 4.57 Å². The van der Waals surface area contributed by atoms with Crippen molar-refractivity contribution in [1.29, 1.82) is 0 Å². The molecule has 0 saturated heterocycles. The monoisotopic (exact) mass is 177 g/mol. The summed E-state index contributed by atoms with van der Waals surface area (Å²) in [5.74, 6) is 0.871. The molecule has 0 radical (unpaired) electrons. The average molecular weight is 177 g/mol. The molecular weight excluding hydrogens is 166 g/mol. The van der Waals surface area contributed by atoms with E-state index < -0.39 is 0 Å². The smallest absolute Gasteiger partial charge is 0.166 e. The highest BCUT2D eigenvalue weighted by Crippen LogP contribution is 2.13. The van der Waals surface area contributed by atoms with Crippen molar-refractivity contribution < 1.29 is 0 Å². The van der Waals surface area contributed by atoms with Crippen LogP contribution in [0, 0.1) is 0 Å². The largest absolute Gasteiger partial charge is 0.314 e. The predicted molar refractivity (Wildman–Crippen MR) is 47.9 cm³/mol. The molecule has 2 aromatic rings. The number of rotatable bonds is 3. The molecular formula is C8H11N5. The average Bonchev–Trinajstić information content (AvgIpc) is 2.71. The van der Waals surface area contributed by atoms with Crippen LogP contribution in [-0.2, 0) is 6.54 Å². The second-order valence-corrected chi connectivity index (χ2v) is 2.83. The van der Waals surface area contributed by atoms with Crippen LogP contribution in [0.3, 0.4) is 0 Å². The summed E-state index contributed by atoms with van der Waals surface area (Å²) >= 11 is 0. The van der Waals surface area contributed by atoms with E-state index in [0.717, 1.165) is 24.4 Å². The van der Waals surface area contributed by atoms with Crippen LogP contribution >= 0.6 is 0 Å². The molecule has 0 aliphatic carbocycles. The molecule has 0 saturated carbocycles. The number of H-pyrrole nitrogens is 1. The Bertz CT molecular complexity index is 362. The van der Waals surface area contributed by atoms with Gasteiger partial charge in [0.1, 0.15) is 6.33 Å². The summed E-state index contributed by atoms with van der Waals surface area (Å²) in [7, 11) is 0. The summed E-state index contributed by atoms with van der Waals surface area (Å²) in [6, 6.07) is 0. The van der Waals surface area contributed by atoms with Crippen molar-refractivity contribution >= 4 is 0 Å². The molecule has 68 valence electrons. The third kappa shape index (κ3) is 1.44. The molecule has 0 aliphatic rings. The molecule has 5 heteroatoms. The lowest BCUT2D eigenvalue weighted by molar-refractivity contribution is 0.683. The molecule has 0 aromatic carbocycles. The van der Waals surface area contributed by atoms with E-state index in [0.29, 0.717) is 0 Å². The maximum Gasteiger partial charge on any atom is 0.166 e. The molecule has 13 heavy (non-hydrogen) atoms. The second-order valence-electron chi connectivity index (χ2n) is 2.83. The molecule has 2 aromatic heterocycles. The Balaban J connectivity index is 2.35. The molecule has 0 aliphatic heterocycles. The third-order valence-corrected chi connectivity index (χ3v) is 1.84. The normalized spacial score (nSPS) is 10.5. The molecule has 0 atom stereocenters. The van der Waals surface area contributed by atoms with Crippen molar-refractivity contribution in [3.8, 4) is 11.4 Å². The van der Waals surface area contributed by atoms with Crippen molar-refractivity contribution in [2.75, 3.05) is 0 Å². The summed E-state index contributed by atoms with van der Waals surface area (Å²) in [4.78, 5) is 0. The molecule has 0 unspecified atom stereocenters. The van der Waals surface area contributed by atoms with E-state index in [1.54, 1.807) is 12.5 Å². The van der Waals surface area contributed by atoms with Gasteiger partial charge in [0.05, 0.1) is 11.8 Å². The lowest BCUT2D eigenvalue weighted by atomic mass is 10.3. The van der Waals surface area contributed by atoms with Gasteiger partial charge in [-0.3, -0.25) is 5.10 Å².